The number of nitrogens with zero attached hydrogens (tertiary/aromatic N) is 2. The van der Waals surface area contributed by atoms with E-state index in [-0.39, 0.29) is 7.92 Å². The molecular weight excluding hydrogens is 193 g/mol. The van der Waals surface area contributed by atoms with Gasteiger partial charge in [0.1, 0.15) is 0 Å². The van der Waals surface area contributed by atoms with E-state index in [0.717, 1.165) is 22.0 Å². The third-order valence-electron chi connectivity index (χ3n) is 2.07. The summed E-state index contributed by atoms with van der Waals surface area (Å²) in [6.07, 6.45) is 3.51. The SMILES string of the molecule is CP(C)c1c(N)cnc2cccnc12. The molecule has 0 atom stereocenters. The quantitative estimate of drug-likeness (QED) is 0.719. The summed E-state index contributed by atoms with van der Waals surface area (Å²) in [4.78, 5) is 8.58. The number of nitrogen functional groups attached to an aromatic ring is 1. The molecule has 0 fully saturated rings. The van der Waals surface area contributed by atoms with Crippen LogP contribution in [0.5, 0.6) is 0 Å². The van der Waals surface area contributed by atoms with Crippen LogP contribution >= 0.6 is 7.92 Å². The Bertz CT molecular complexity index is 468. The van der Waals surface area contributed by atoms with Crippen LogP contribution in [0.1, 0.15) is 0 Å². The van der Waals surface area contributed by atoms with Crippen LogP contribution in [0.15, 0.2) is 24.5 Å². The Kier molecular flexibility index (Phi) is 2.34. The lowest BCUT2D eigenvalue weighted by molar-refractivity contribution is 1.35. The highest BCUT2D eigenvalue weighted by molar-refractivity contribution is 7.65. The van der Waals surface area contributed by atoms with Crippen molar-refractivity contribution in [2.24, 2.45) is 0 Å². The van der Waals surface area contributed by atoms with E-state index in [1.54, 1.807) is 12.4 Å². The average Bonchev–Trinajstić information content (AvgIpc) is 2.17. The summed E-state index contributed by atoms with van der Waals surface area (Å²) in [6, 6.07) is 3.85. The lowest BCUT2D eigenvalue weighted by Crippen LogP contribution is -2.10. The molecule has 0 aromatic carbocycles. The van der Waals surface area contributed by atoms with Crippen molar-refractivity contribution in [3.63, 3.8) is 0 Å². The van der Waals surface area contributed by atoms with Crippen LogP contribution in [0.25, 0.3) is 11.0 Å². The molecule has 2 heterocycles. The van der Waals surface area contributed by atoms with Crippen molar-refractivity contribution < 1.29 is 0 Å². The van der Waals surface area contributed by atoms with Crippen LogP contribution in [0.4, 0.5) is 5.69 Å². The Hall–Kier alpha value is -1.21. The molecule has 0 aliphatic rings. The minimum Gasteiger partial charge on any atom is -0.397 e. The topological polar surface area (TPSA) is 51.8 Å². The van der Waals surface area contributed by atoms with Crippen LogP contribution in [-0.4, -0.2) is 23.3 Å². The monoisotopic (exact) mass is 205 g/mol. The predicted molar refractivity (Wildman–Crippen MR) is 62.4 cm³/mol. The molecule has 14 heavy (non-hydrogen) atoms. The van der Waals surface area contributed by atoms with E-state index in [4.69, 9.17) is 5.73 Å². The molecule has 0 aliphatic carbocycles. The molecule has 2 aromatic heterocycles. The van der Waals surface area contributed by atoms with Crippen molar-refractivity contribution in [1.82, 2.24) is 9.97 Å². The highest BCUT2D eigenvalue weighted by Gasteiger charge is 2.10. The molecule has 0 aliphatic heterocycles. The number of hydrogen-bond donors (Lipinski definition) is 1. The summed E-state index contributed by atoms with van der Waals surface area (Å²) in [5.74, 6) is 0. The van der Waals surface area contributed by atoms with E-state index >= 15 is 0 Å². The summed E-state index contributed by atoms with van der Waals surface area (Å²) in [7, 11) is -0.244. The molecule has 0 amide bonds. The molecule has 0 saturated carbocycles. The van der Waals surface area contributed by atoms with Crippen LogP contribution in [-0.2, 0) is 0 Å². The Balaban J connectivity index is 2.83. The average molecular weight is 205 g/mol. The van der Waals surface area contributed by atoms with Gasteiger partial charge in [-0.05, 0) is 25.5 Å². The van der Waals surface area contributed by atoms with E-state index in [2.05, 4.69) is 23.3 Å². The summed E-state index contributed by atoms with van der Waals surface area (Å²) in [5, 5.41) is 1.16. The fourth-order valence-electron chi connectivity index (χ4n) is 1.49. The zero-order chi connectivity index (χ0) is 10.1. The number of nitrogens with two attached hydrogens (primary N) is 1. The summed E-state index contributed by atoms with van der Waals surface area (Å²) in [5.41, 5.74) is 8.53. The summed E-state index contributed by atoms with van der Waals surface area (Å²) < 4.78 is 0. The van der Waals surface area contributed by atoms with Gasteiger partial charge in [-0.3, -0.25) is 9.97 Å². The lowest BCUT2D eigenvalue weighted by atomic mass is 10.3. The van der Waals surface area contributed by atoms with E-state index in [1.165, 1.54) is 0 Å². The zero-order valence-corrected chi connectivity index (χ0v) is 9.12. The predicted octanol–water partition coefficient (Wildman–Crippen LogP) is 1.58. The van der Waals surface area contributed by atoms with Crippen molar-refractivity contribution in [1.29, 1.82) is 0 Å². The Morgan fingerprint density at radius 2 is 2.07 bits per heavy atom. The molecular formula is C10H12N3P. The van der Waals surface area contributed by atoms with Crippen LogP contribution in [0.3, 0.4) is 0 Å². The Morgan fingerprint density at radius 3 is 2.79 bits per heavy atom. The van der Waals surface area contributed by atoms with Gasteiger partial charge in [0.05, 0.1) is 22.9 Å². The van der Waals surface area contributed by atoms with E-state index in [0.29, 0.717) is 0 Å². The second kappa shape index (κ2) is 3.50. The molecule has 0 saturated heterocycles. The van der Waals surface area contributed by atoms with Crippen molar-refractivity contribution in [2.45, 2.75) is 0 Å². The van der Waals surface area contributed by atoms with Gasteiger partial charge in [0.25, 0.3) is 0 Å². The van der Waals surface area contributed by atoms with Gasteiger partial charge in [0.2, 0.25) is 0 Å². The number of rotatable bonds is 1. The van der Waals surface area contributed by atoms with Crippen molar-refractivity contribution in [3.05, 3.63) is 24.5 Å². The van der Waals surface area contributed by atoms with Gasteiger partial charge in [0.15, 0.2) is 0 Å². The second-order valence-corrected chi connectivity index (χ2v) is 5.56. The maximum Gasteiger partial charge on any atom is 0.0983 e. The Morgan fingerprint density at radius 1 is 1.29 bits per heavy atom. The van der Waals surface area contributed by atoms with Crippen molar-refractivity contribution in [2.75, 3.05) is 19.1 Å². The summed E-state index contributed by atoms with van der Waals surface area (Å²) in [6.45, 7) is 4.35. The smallest absolute Gasteiger partial charge is 0.0983 e. The Labute approximate surface area is 84.1 Å². The first-order chi connectivity index (χ1) is 6.70. The fraction of sp³-hybridized carbons (Fsp3) is 0.200. The van der Waals surface area contributed by atoms with Gasteiger partial charge in [-0.1, -0.05) is 7.92 Å². The van der Waals surface area contributed by atoms with Gasteiger partial charge < -0.3 is 5.73 Å². The second-order valence-electron chi connectivity index (χ2n) is 3.33. The first-order valence-electron chi connectivity index (χ1n) is 4.36. The highest BCUT2D eigenvalue weighted by atomic mass is 31.1. The molecule has 3 nitrogen and oxygen atoms in total. The number of aromatic nitrogens is 2. The van der Waals surface area contributed by atoms with E-state index in [1.807, 2.05) is 12.1 Å². The molecule has 4 heteroatoms. The maximum absolute atomic E-state index is 5.90. The molecule has 0 unspecified atom stereocenters. The highest BCUT2D eigenvalue weighted by Crippen LogP contribution is 2.29. The molecule has 0 spiro atoms. The number of anilines is 1. The van der Waals surface area contributed by atoms with Gasteiger partial charge in [-0.15, -0.1) is 0 Å². The van der Waals surface area contributed by atoms with E-state index < -0.39 is 0 Å². The van der Waals surface area contributed by atoms with E-state index in [9.17, 15) is 0 Å². The number of hydrogen-bond acceptors (Lipinski definition) is 3. The van der Waals surface area contributed by atoms with Gasteiger partial charge in [-0.25, -0.2) is 0 Å². The van der Waals surface area contributed by atoms with Crippen LogP contribution in [0.2, 0.25) is 0 Å². The minimum absolute atomic E-state index is 0.244. The molecule has 2 rings (SSSR count). The first-order valence-corrected chi connectivity index (χ1v) is 6.60. The van der Waals surface area contributed by atoms with Crippen LogP contribution in [0, 0.1) is 0 Å². The zero-order valence-electron chi connectivity index (χ0n) is 8.23. The molecule has 0 bridgehead atoms. The minimum atomic E-state index is -0.244. The lowest BCUT2D eigenvalue weighted by Gasteiger charge is -2.11. The first kappa shape index (κ1) is 9.35. The number of pyridine rings is 2. The largest absolute Gasteiger partial charge is 0.397 e. The van der Waals surface area contributed by atoms with Crippen molar-refractivity contribution in [3.8, 4) is 0 Å². The normalized spacial score (nSPS) is 11.1. The maximum atomic E-state index is 5.90. The number of fused-ring (bicyclic) bond motifs is 1. The van der Waals surface area contributed by atoms with Crippen LogP contribution < -0.4 is 11.0 Å². The fourth-order valence-corrected chi connectivity index (χ4v) is 2.66. The third kappa shape index (κ3) is 1.44. The summed E-state index contributed by atoms with van der Waals surface area (Å²) >= 11 is 0. The van der Waals surface area contributed by atoms with Gasteiger partial charge in [-0.2, -0.15) is 0 Å². The molecule has 2 N–H and O–H groups in total. The molecule has 72 valence electrons. The van der Waals surface area contributed by atoms with Gasteiger partial charge in [0, 0.05) is 11.5 Å². The third-order valence-corrected chi connectivity index (χ3v) is 3.44. The van der Waals surface area contributed by atoms with Crippen molar-refractivity contribution >= 4 is 29.9 Å². The molecule has 0 radical (unpaired) electrons. The molecule has 2 aromatic rings. The van der Waals surface area contributed by atoms with Gasteiger partial charge >= 0.3 is 0 Å². The standard InChI is InChI=1S/C10H12N3P/c1-14(2)10-7(11)6-13-8-4-3-5-12-9(8)10/h3-6H,11H2,1-2H3.